The van der Waals surface area contributed by atoms with Gasteiger partial charge in [-0.05, 0) is 25.0 Å². The van der Waals surface area contributed by atoms with Crippen molar-refractivity contribution in [3.05, 3.63) is 30.5 Å². The molecular weight excluding hydrogens is 254 g/mol. The number of hydrogen-bond donors (Lipinski definition) is 2. The molecule has 1 fully saturated rings. The van der Waals surface area contributed by atoms with Crippen LogP contribution >= 0.6 is 0 Å². The maximum atomic E-state index is 9.66. The first-order valence-electron chi connectivity index (χ1n) is 6.96. The van der Waals surface area contributed by atoms with Gasteiger partial charge in [0.15, 0.2) is 0 Å². The smallest absolute Gasteiger partial charge is 0.145 e. The summed E-state index contributed by atoms with van der Waals surface area (Å²) in [5, 5.41) is 13.0. The predicted octanol–water partition coefficient (Wildman–Crippen LogP) is 1.83. The van der Waals surface area contributed by atoms with Gasteiger partial charge < -0.3 is 15.2 Å². The van der Waals surface area contributed by atoms with Gasteiger partial charge in [-0.15, -0.1) is 0 Å². The van der Waals surface area contributed by atoms with Crippen molar-refractivity contribution in [2.24, 2.45) is 5.41 Å². The number of anilines is 1. The summed E-state index contributed by atoms with van der Waals surface area (Å²) in [4.78, 5) is 8.92. The summed E-state index contributed by atoms with van der Waals surface area (Å²) in [5.74, 6) is 0.753. The normalized spacial score (nSPS) is 18.1. The number of para-hydroxylation sites is 2. The number of nitrogens with zero attached hydrogens (tertiary/aromatic N) is 2. The Morgan fingerprint density at radius 1 is 1.20 bits per heavy atom. The Morgan fingerprint density at radius 3 is 2.70 bits per heavy atom. The Morgan fingerprint density at radius 2 is 1.95 bits per heavy atom. The van der Waals surface area contributed by atoms with E-state index in [4.69, 9.17) is 4.74 Å². The van der Waals surface area contributed by atoms with E-state index in [1.165, 1.54) is 0 Å². The monoisotopic (exact) mass is 273 g/mol. The van der Waals surface area contributed by atoms with Gasteiger partial charge in [0.2, 0.25) is 0 Å². The van der Waals surface area contributed by atoms with Crippen molar-refractivity contribution in [3.8, 4) is 0 Å². The van der Waals surface area contributed by atoms with Gasteiger partial charge in [0.05, 0.1) is 23.8 Å². The maximum absolute atomic E-state index is 9.66. The molecule has 1 aromatic carbocycles. The Balaban J connectivity index is 1.72. The summed E-state index contributed by atoms with van der Waals surface area (Å²) < 4.78 is 5.37. The van der Waals surface area contributed by atoms with E-state index >= 15 is 0 Å². The zero-order valence-corrected chi connectivity index (χ0v) is 11.4. The lowest BCUT2D eigenvalue weighted by molar-refractivity contribution is -0.00861. The summed E-state index contributed by atoms with van der Waals surface area (Å²) in [6.07, 6.45) is 3.49. The SMILES string of the molecule is OCC1(CNc2cnc3ccccc3n2)CCOCC1. The molecule has 0 unspecified atom stereocenters. The van der Waals surface area contributed by atoms with Crippen LogP contribution in [0.4, 0.5) is 5.82 Å². The maximum Gasteiger partial charge on any atom is 0.145 e. The standard InChI is InChI=1S/C15H19N3O2/c19-11-15(5-7-20-8-6-15)10-17-14-9-16-12-3-1-2-4-13(12)18-14/h1-4,9,19H,5-8,10-11H2,(H,17,18). The van der Waals surface area contributed by atoms with Gasteiger partial charge in [0.25, 0.3) is 0 Å². The molecule has 1 saturated heterocycles. The number of aromatic nitrogens is 2. The first-order valence-corrected chi connectivity index (χ1v) is 6.96. The number of ether oxygens (including phenoxy) is 1. The highest BCUT2D eigenvalue weighted by Crippen LogP contribution is 2.30. The van der Waals surface area contributed by atoms with Crippen LogP contribution in [0.1, 0.15) is 12.8 Å². The molecule has 0 amide bonds. The third-order valence-electron chi connectivity index (χ3n) is 3.98. The molecule has 2 aromatic rings. The fourth-order valence-corrected chi connectivity index (χ4v) is 2.52. The van der Waals surface area contributed by atoms with Gasteiger partial charge in [-0.1, -0.05) is 12.1 Å². The van der Waals surface area contributed by atoms with Crippen LogP contribution in [0.15, 0.2) is 30.5 Å². The summed E-state index contributed by atoms with van der Waals surface area (Å²) >= 11 is 0. The molecular formula is C15H19N3O2. The topological polar surface area (TPSA) is 67.3 Å². The van der Waals surface area contributed by atoms with Crippen LogP contribution < -0.4 is 5.32 Å². The Bertz CT molecular complexity index is 582. The molecule has 3 rings (SSSR count). The number of hydrogen-bond acceptors (Lipinski definition) is 5. The molecule has 2 N–H and O–H groups in total. The van der Waals surface area contributed by atoms with Crippen LogP contribution in [0.2, 0.25) is 0 Å². The number of nitrogens with one attached hydrogen (secondary N) is 1. The Kier molecular flexibility index (Phi) is 3.80. The highest BCUT2D eigenvalue weighted by molar-refractivity contribution is 5.75. The average molecular weight is 273 g/mol. The van der Waals surface area contributed by atoms with Gasteiger partial charge in [0, 0.05) is 25.2 Å². The fourth-order valence-electron chi connectivity index (χ4n) is 2.52. The molecule has 0 radical (unpaired) electrons. The second-order valence-electron chi connectivity index (χ2n) is 5.37. The van der Waals surface area contributed by atoms with Crippen molar-refractivity contribution in [2.75, 3.05) is 31.7 Å². The molecule has 1 aliphatic heterocycles. The Hall–Kier alpha value is -1.72. The van der Waals surface area contributed by atoms with Gasteiger partial charge >= 0.3 is 0 Å². The molecule has 0 atom stereocenters. The van der Waals surface area contributed by atoms with E-state index in [1.54, 1.807) is 6.20 Å². The van der Waals surface area contributed by atoms with Crippen molar-refractivity contribution < 1.29 is 9.84 Å². The molecule has 0 bridgehead atoms. The fraction of sp³-hybridized carbons (Fsp3) is 0.467. The van der Waals surface area contributed by atoms with E-state index in [0.29, 0.717) is 19.8 Å². The molecule has 20 heavy (non-hydrogen) atoms. The van der Waals surface area contributed by atoms with Crippen molar-refractivity contribution in [1.82, 2.24) is 9.97 Å². The van der Waals surface area contributed by atoms with Crippen LogP contribution in [-0.2, 0) is 4.74 Å². The van der Waals surface area contributed by atoms with E-state index in [2.05, 4.69) is 15.3 Å². The molecule has 0 saturated carbocycles. The molecule has 0 spiro atoms. The molecule has 106 valence electrons. The van der Waals surface area contributed by atoms with Crippen molar-refractivity contribution >= 4 is 16.9 Å². The lowest BCUT2D eigenvalue weighted by atomic mass is 9.81. The van der Waals surface area contributed by atoms with Crippen LogP contribution in [0.5, 0.6) is 0 Å². The van der Waals surface area contributed by atoms with E-state index < -0.39 is 0 Å². The van der Waals surface area contributed by atoms with Crippen LogP contribution in [0.25, 0.3) is 11.0 Å². The summed E-state index contributed by atoms with van der Waals surface area (Å²) in [7, 11) is 0. The van der Waals surface area contributed by atoms with E-state index in [9.17, 15) is 5.11 Å². The van der Waals surface area contributed by atoms with Gasteiger partial charge in [-0.25, -0.2) is 4.98 Å². The molecule has 0 aliphatic carbocycles. The molecule has 1 aromatic heterocycles. The minimum absolute atomic E-state index is 0.106. The second kappa shape index (κ2) is 5.73. The van der Waals surface area contributed by atoms with Crippen LogP contribution in [0.3, 0.4) is 0 Å². The highest BCUT2D eigenvalue weighted by Gasteiger charge is 2.31. The number of aliphatic hydroxyl groups excluding tert-OH is 1. The molecule has 5 nitrogen and oxygen atoms in total. The third-order valence-corrected chi connectivity index (χ3v) is 3.98. The number of rotatable bonds is 4. The lowest BCUT2D eigenvalue weighted by Gasteiger charge is -2.35. The van der Waals surface area contributed by atoms with Crippen molar-refractivity contribution in [1.29, 1.82) is 0 Å². The predicted molar refractivity (Wildman–Crippen MR) is 77.6 cm³/mol. The largest absolute Gasteiger partial charge is 0.396 e. The lowest BCUT2D eigenvalue weighted by Crippen LogP contribution is -2.39. The van der Waals surface area contributed by atoms with Crippen molar-refractivity contribution in [3.63, 3.8) is 0 Å². The van der Waals surface area contributed by atoms with E-state index in [1.807, 2.05) is 24.3 Å². The number of aliphatic hydroxyl groups is 1. The summed E-state index contributed by atoms with van der Waals surface area (Å²) in [6, 6.07) is 7.80. The Labute approximate surface area is 118 Å². The average Bonchev–Trinajstić information content (AvgIpc) is 2.54. The quantitative estimate of drug-likeness (QED) is 0.889. The number of benzene rings is 1. The third kappa shape index (κ3) is 2.73. The molecule has 1 aliphatic rings. The highest BCUT2D eigenvalue weighted by atomic mass is 16.5. The second-order valence-corrected chi connectivity index (χ2v) is 5.37. The van der Waals surface area contributed by atoms with Crippen molar-refractivity contribution in [2.45, 2.75) is 12.8 Å². The van der Waals surface area contributed by atoms with E-state index in [0.717, 1.165) is 29.7 Å². The molecule has 2 heterocycles. The van der Waals surface area contributed by atoms with Crippen LogP contribution in [-0.4, -0.2) is 41.4 Å². The van der Waals surface area contributed by atoms with Gasteiger partial charge in [0.1, 0.15) is 5.82 Å². The van der Waals surface area contributed by atoms with Crippen LogP contribution in [0, 0.1) is 5.41 Å². The summed E-state index contributed by atoms with van der Waals surface area (Å²) in [6.45, 7) is 2.29. The minimum atomic E-state index is -0.106. The first-order chi connectivity index (χ1) is 9.81. The van der Waals surface area contributed by atoms with Gasteiger partial charge in [-0.2, -0.15) is 0 Å². The zero-order valence-electron chi connectivity index (χ0n) is 11.4. The minimum Gasteiger partial charge on any atom is -0.396 e. The number of fused-ring (bicyclic) bond motifs is 1. The molecule has 5 heteroatoms. The van der Waals surface area contributed by atoms with Gasteiger partial charge in [-0.3, -0.25) is 4.98 Å². The summed E-state index contributed by atoms with van der Waals surface area (Å²) in [5.41, 5.74) is 1.66. The first kappa shape index (κ1) is 13.3. The van der Waals surface area contributed by atoms with E-state index in [-0.39, 0.29) is 12.0 Å². The zero-order chi connectivity index (χ0) is 13.8.